The van der Waals surface area contributed by atoms with Crippen molar-refractivity contribution < 1.29 is 19.1 Å². The van der Waals surface area contributed by atoms with E-state index in [0.717, 1.165) is 30.2 Å². The first kappa shape index (κ1) is 24.6. The lowest BCUT2D eigenvalue weighted by Crippen LogP contribution is -2.54. The van der Waals surface area contributed by atoms with Gasteiger partial charge in [-0.05, 0) is 63.1 Å². The molecule has 2 aromatic rings. The van der Waals surface area contributed by atoms with Crippen LogP contribution in [-0.2, 0) is 9.59 Å². The van der Waals surface area contributed by atoms with Crippen LogP contribution in [0.25, 0.3) is 10.9 Å². The molecule has 1 unspecified atom stereocenters. The second-order valence-corrected chi connectivity index (χ2v) is 9.91. The Morgan fingerprint density at radius 2 is 2.11 bits per heavy atom. The van der Waals surface area contributed by atoms with Gasteiger partial charge in [0, 0.05) is 23.4 Å². The maximum absolute atomic E-state index is 13.2. The number of carbonyl (C=O) groups excluding carboxylic acids is 3. The van der Waals surface area contributed by atoms with Crippen molar-refractivity contribution in [3.8, 4) is 11.8 Å². The van der Waals surface area contributed by atoms with E-state index in [-0.39, 0.29) is 23.6 Å². The highest BCUT2D eigenvalue weighted by molar-refractivity contribution is 6.01. The minimum absolute atomic E-state index is 0.0227. The van der Waals surface area contributed by atoms with Gasteiger partial charge in [0.25, 0.3) is 5.91 Å². The number of ether oxygens (including phenoxy) is 1. The highest BCUT2D eigenvalue weighted by Gasteiger charge is 2.35. The van der Waals surface area contributed by atoms with Crippen LogP contribution in [0, 0.1) is 23.2 Å². The molecule has 4 N–H and O–H groups in total. The quantitative estimate of drug-likeness (QED) is 0.393. The summed E-state index contributed by atoms with van der Waals surface area (Å²) >= 11 is 0. The summed E-state index contributed by atoms with van der Waals surface area (Å²) in [6.07, 6.45) is 5.17. The Bertz CT molecular complexity index is 1150. The molecule has 186 valence electrons. The molecule has 1 saturated heterocycles. The third kappa shape index (κ3) is 5.94. The number of nitrogens with one attached hydrogen (secondary N) is 4. The number of nitrogens with zero attached hydrogens (tertiary/aromatic N) is 1. The van der Waals surface area contributed by atoms with E-state index in [0.29, 0.717) is 49.6 Å². The summed E-state index contributed by atoms with van der Waals surface area (Å²) < 4.78 is 5.37. The number of hydrogen-bond donors (Lipinski definition) is 4. The molecule has 1 aliphatic heterocycles. The molecule has 2 aliphatic rings. The van der Waals surface area contributed by atoms with Crippen LogP contribution in [-0.4, -0.2) is 47.9 Å². The molecule has 2 heterocycles. The fourth-order valence-electron chi connectivity index (χ4n) is 4.71. The van der Waals surface area contributed by atoms with Gasteiger partial charge in [0.05, 0.1) is 13.2 Å². The van der Waals surface area contributed by atoms with Gasteiger partial charge in [0.2, 0.25) is 11.8 Å². The van der Waals surface area contributed by atoms with E-state index < -0.39 is 11.6 Å². The average molecular weight is 480 g/mol. The fourth-order valence-corrected chi connectivity index (χ4v) is 4.71. The normalized spacial score (nSPS) is 19.9. The minimum atomic E-state index is -1.08. The maximum Gasteiger partial charge on any atom is 0.268 e. The number of amides is 3. The van der Waals surface area contributed by atoms with E-state index in [4.69, 9.17) is 4.74 Å². The van der Waals surface area contributed by atoms with Gasteiger partial charge in [-0.1, -0.05) is 18.9 Å². The van der Waals surface area contributed by atoms with Crippen molar-refractivity contribution in [2.45, 2.75) is 63.5 Å². The van der Waals surface area contributed by atoms with Gasteiger partial charge in [-0.3, -0.25) is 14.4 Å². The number of rotatable bonds is 11. The third-order valence-electron chi connectivity index (χ3n) is 7.01. The molecular weight excluding hydrogens is 446 g/mol. The Balaban J connectivity index is 1.40. The van der Waals surface area contributed by atoms with E-state index in [1.807, 2.05) is 18.2 Å². The van der Waals surface area contributed by atoms with Gasteiger partial charge in [-0.15, -0.1) is 0 Å². The van der Waals surface area contributed by atoms with Crippen molar-refractivity contribution in [2.24, 2.45) is 11.8 Å². The van der Waals surface area contributed by atoms with E-state index in [9.17, 15) is 19.6 Å². The van der Waals surface area contributed by atoms with Gasteiger partial charge < -0.3 is 25.7 Å². The molecular formula is C26H33N5O4. The molecule has 1 aromatic heterocycles. The number of H-pyrrole nitrogens is 1. The number of fused-ring (bicyclic) bond motifs is 1. The second kappa shape index (κ2) is 10.4. The highest BCUT2D eigenvalue weighted by Crippen LogP contribution is 2.34. The molecule has 3 atom stereocenters. The first-order chi connectivity index (χ1) is 16.8. The van der Waals surface area contributed by atoms with Crippen LogP contribution < -0.4 is 20.7 Å². The summed E-state index contributed by atoms with van der Waals surface area (Å²) in [6.45, 7) is 2.39. The molecule has 2 fully saturated rings. The maximum atomic E-state index is 13.2. The molecule has 1 saturated carbocycles. The summed E-state index contributed by atoms with van der Waals surface area (Å²) in [5.74, 6) is 0.351. The molecule has 1 aliphatic carbocycles. The summed E-state index contributed by atoms with van der Waals surface area (Å²) in [4.78, 5) is 41.2. The van der Waals surface area contributed by atoms with Crippen molar-refractivity contribution in [3.05, 3.63) is 30.0 Å². The number of nitriles is 1. The molecule has 0 radical (unpaired) electrons. The number of hydrogen-bond acceptors (Lipinski definition) is 5. The van der Waals surface area contributed by atoms with Crippen molar-refractivity contribution in [1.82, 2.24) is 20.9 Å². The molecule has 0 bridgehead atoms. The Hall–Kier alpha value is -3.54. The summed E-state index contributed by atoms with van der Waals surface area (Å²) in [7, 11) is 1.58. The fraction of sp³-hybridized carbons (Fsp3) is 0.538. The summed E-state index contributed by atoms with van der Waals surface area (Å²) in [6, 6.07) is 8.72. The van der Waals surface area contributed by atoms with Crippen LogP contribution in [0.4, 0.5) is 0 Å². The summed E-state index contributed by atoms with van der Waals surface area (Å²) in [5, 5.41) is 19.1. The molecule has 4 rings (SSSR count). The lowest BCUT2D eigenvalue weighted by Gasteiger charge is -2.27. The molecule has 0 spiro atoms. The van der Waals surface area contributed by atoms with Crippen molar-refractivity contribution in [1.29, 1.82) is 5.26 Å². The van der Waals surface area contributed by atoms with Gasteiger partial charge in [-0.2, -0.15) is 5.26 Å². The Morgan fingerprint density at radius 3 is 2.77 bits per heavy atom. The highest BCUT2D eigenvalue weighted by atomic mass is 16.5. The van der Waals surface area contributed by atoms with Crippen molar-refractivity contribution in [3.63, 3.8) is 0 Å². The Labute approximate surface area is 205 Å². The van der Waals surface area contributed by atoms with E-state index in [2.05, 4.69) is 27.0 Å². The van der Waals surface area contributed by atoms with Crippen molar-refractivity contribution in [2.75, 3.05) is 13.7 Å². The molecule has 35 heavy (non-hydrogen) atoms. The largest absolute Gasteiger partial charge is 0.496 e. The van der Waals surface area contributed by atoms with Gasteiger partial charge in [-0.25, -0.2) is 0 Å². The topological polar surface area (TPSA) is 136 Å². The second-order valence-electron chi connectivity index (χ2n) is 9.91. The van der Waals surface area contributed by atoms with E-state index in [1.54, 1.807) is 20.1 Å². The Kier molecular flexibility index (Phi) is 7.29. The lowest BCUT2D eigenvalue weighted by molar-refractivity contribution is -0.125. The summed E-state index contributed by atoms with van der Waals surface area (Å²) in [5.41, 5.74) is 0.0364. The first-order valence-electron chi connectivity index (χ1n) is 12.3. The predicted molar refractivity (Wildman–Crippen MR) is 131 cm³/mol. The number of aromatic nitrogens is 1. The van der Waals surface area contributed by atoms with Gasteiger partial charge in [0.1, 0.15) is 23.0 Å². The number of carbonyl (C=O) groups is 3. The van der Waals surface area contributed by atoms with E-state index >= 15 is 0 Å². The number of aromatic amines is 1. The molecule has 1 aromatic carbocycles. The van der Waals surface area contributed by atoms with Gasteiger partial charge in [0.15, 0.2) is 0 Å². The van der Waals surface area contributed by atoms with Gasteiger partial charge >= 0.3 is 0 Å². The van der Waals surface area contributed by atoms with Crippen LogP contribution >= 0.6 is 0 Å². The zero-order valence-corrected chi connectivity index (χ0v) is 20.3. The van der Waals surface area contributed by atoms with Crippen LogP contribution in [0.15, 0.2) is 24.3 Å². The molecule has 3 amide bonds. The predicted octanol–water partition coefficient (Wildman–Crippen LogP) is 2.78. The minimum Gasteiger partial charge on any atom is -0.496 e. The zero-order chi connectivity index (χ0) is 25.0. The molecule has 9 heteroatoms. The Morgan fingerprint density at radius 1 is 1.31 bits per heavy atom. The van der Waals surface area contributed by atoms with Crippen LogP contribution in [0.1, 0.15) is 62.4 Å². The monoisotopic (exact) mass is 479 g/mol. The lowest BCUT2D eigenvalue weighted by atomic mass is 9.92. The number of methoxy groups -OCH3 is 1. The first-order valence-corrected chi connectivity index (χ1v) is 12.3. The van der Waals surface area contributed by atoms with E-state index in [1.165, 1.54) is 0 Å². The SMILES string of the molecule is COc1cccc2[nH]c(C(=O)N[C@@H](CC3CC3)C(=O)N[C@](C)(C#N)CCCC3CCNC3=O)cc12. The van der Waals surface area contributed by atoms with Crippen LogP contribution in [0.2, 0.25) is 0 Å². The standard InChI is InChI=1S/C26H33N5O4/c1-26(15-27,11-4-5-17-10-12-28-23(17)32)31-25(34)20(13-16-8-9-16)30-24(33)21-14-18-19(29-21)6-3-7-22(18)35-2/h3,6-7,14,16-17,20,29H,4-5,8-13H2,1-2H3,(H,28,32)(H,30,33)(H,31,34)/t17?,20-,26-/m0/s1. The van der Waals surface area contributed by atoms with Crippen molar-refractivity contribution >= 4 is 28.6 Å². The third-order valence-corrected chi connectivity index (χ3v) is 7.01. The number of benzene rings is 1. The van der Waals surface area contributed by atoms with Crippen LogP contribution in [0.5, 0.6) is 5.75 Å². The molecule has 9 nitrogen and oxygen atoms in total. The zero-order valence-electron chi connectivity index (χ0n) is 20.3. The smallest absolute Gasteiger partial charge is 0.268 e. The average Bonchev–Trinajstić information content (AvgIpc) is 3.40. The van der Waals surface area contributed by atoms with Crippen LogP contribution in [0.3, 0.4) is 0 Å².